The van der Waals surface area contributed by atoms with Crippen molar-refractivity contribution in [3.05, 3.63) is 71.5 Å². The molecule has 0 aliphatic rings. The first-order chi connectivity index (χ1) is 14.4. The number of anilines is 2. The third kappa shape index (κ3) is 4.64. The molecular weight excluding hydrogens is 386 g/mol. The second-order valence-electron chi connectivity index (χ2n) is 6.35. The van der Waals surface area contributed by atoms with E-state index in [1.54, 1.807) is 61.0 Å². The van der Waals surface area contributed by atoms with Crippen molar-refractivity contribution < 1.29 is 19.1 Å². The van der Waals surface area contributed by atoms with Gasteiger partial charge < -0.3 is 21.1 Å². The van der Waals surface area contributed by atoms with Gasteiger partial charge in [0.05, 0.1) is 24.2 Å². The molecule has 0 bridgehead atoms. The second-order valence-corrected chi connectivity index (χ2v) is 6.35. The van der Waals surface area contributed by atoms with Crippen molar-refractivity contribution in [2.45, 2.75) is 13.8 Å². The van der Waals surface area contributed by atoms with Gasteiger partial charge in [-0.25, -0.2) is 14.3 Å². The number of hydrogen-bond donors (Lipinski definition) is 3. The zero-order chi connectivity index (χ0) is 21.7. The quantitative estimate of drug-likeness (QED) is 0.541. The molecule has 30 heavy (non-hydrogen) atoms. The van der Waals surface area contributed by atoms with E-state index < -0.39 is 12.0 Å². The molecule has 0 atom stereocenters. The molecule has 9 nitrogen and oxygen atoms in total. The summed E-state index contributed by atoms with van der Waals surface area (Å²) in [6, 6.07) is 12.7. The van der Waals surface area contributed by atoms with E-state index in [0.717, 1.165) is 0 Å². The monoisotopic (exact) mass is 407 g/mol. The number of amides is 3. The predicted octanol–water partition coefficient (Wildman–Crippen LogP) is 3.10. The zero-order valence-electron chi connectivity index (χ0n) is 16.5. The maximum absolute atomic E-state index is 12.5. The van der Waals surface area contributed by atoms with Crippen molar-refractivity contribution in [2.75, 3.05) is 17.2 Å². The maximum atomic E-state index is 12.5. The summed E-state index contributed by atoms with van der Waals surface area (Å²) in [7, 11) is 0. The summed E-state index contributed by atoms with van der Waals surface area (Å²) in [5, 5.41) is 9.51. The van der Waals surface area contributed by atoms with Gasteiger partial charge in [0.2, 0.25) is 0 Å². The molecule has 0 fully saturated rings. The molecule has 0 aliphatic heterocycles. The van der Waals surface area contributed by atoms with E-state index in [1.165, 1.54) is 6.20 Å². The molecule has 0 spiro atoms. The van der Waals surface area contributed by atoms with Crippen molar-refractivity contribution in [2.24, 2.45) is 5.73 Å². The summed E-state index contributed by atoms with van der Waals surface area (Å²) in [4.78, 5) is 35.4. The minimum Gasteiger partial charge on any atom is -0.462 e. The summed E-state index contributed by atoms with van der Waals surface area (Å²) < 4.78 is 6.64. The van der Waals surface area contributed by atoms with Crippen molar-refractivity contribution in [1.82, 2.24) is 9.78 Å². The Morgan fingerprint density at radius 3 is 2.47 bits per heavy atom. The van der Waals surface area contributed by atoms with E-state index >= 15 is 0 Å². The van der Waals surface area contributed by atoms with Gasteiger partial charge in [-0.3, -0.25) is 4.79 Å². The van der Waals surface area contributed by atoms with Gasteiger partial charge in [-0.15, -0.1) is 0 Å². The van der Waals surface area contributed by atoms with Crippen LogP contribution in [0.25, 0.3) is 5.69 Å². The number of urea groups is 1. The highest BCUT2D eigenvalue weighted by Crippen LogP contribution is 2.19. The summed E-state index contributed by atoms with van der Waals surface area (Å²) >= 11 is 0. The topological polar surface area (TPSA) is 128 Å². The van der Waals surface area contributed by atoms with Crippen LogP contribution in [0.3, 0.4) is 0 Å². The maximum Gasteiger partial charge on any atom is 0.341 e. The molecule has 3 rings (SSSR count). The van der Waals surface area contributed by atoms with Crippen LogP contribution in [0.15, 0.2) is 54.7 Å². The third-order valence-electron chi connectivity index (χ3n) is 4.27. The van der Waals surface area contributed by atoms with Crippen LogP contribution >= 0.6 is 0 Å². The molecule has 4 N–H and O–H groups in total. The molecule has 0 saturated carbocycles. The van der Waals surface area contributed by atoms with Crippen LogP contribution in [0.1, 0.15) is 33.3 Å². The Kier molecular flexibility index (Phi) is 6.11. The van der Waals surface area contributed by atoms with Crippen molar-refractivity contribution in [3.63, 3.8) is 0 Å². The van der Waals surface area contributed by atoms with Crippen LogP contribution in [0.2, 0.25) is 0 Å². The Hall–Kier alpha value is -4.14. The standard InChI is InChI=1S/C21H21N5O4/c1-3-30-20(28)18-12-23-26(13(18)2)17-6-4-5-16(11-17)24-19(27)14-7-9-15(10-8-14)25-21(22)29/h4-12H,3H2,1-2H3,(H,24,27)(H3,22,25,29). The number of hydrogen-bond acceptors (Lipinski definition) is 5. The molecule has 0 saturated heterocycles. The molecule has 2 aromatic carbocycles. The van der Waals surface area contributed by atoms with Crippen molar-refractivity contribution >= 4 is 29.3 Å². The molecule has 154 valence electrons. The lowest BCUT2D eigenvalue weighted by atomic mass is 10.2. The summed E-state index contributed by atoms with van der Waals surface area (Å²) in [6.07, 6.45) is 1.46. The molecule has 1 heterocycles. The average molecular weight is 407 g/mol. The SMILES string of the molecule is CCOC(=O)c1cnn(-c2cccc(NC(=O)c3ccc(NC(N)=O)cc3)c2)c1C. The molecule has 9 heteroatoms. The second kappa shape index (κ2) is 8.91. The first kappa shape index (κ1) is 20.6. The first-order valence-corrected chi connectivity index (χ1v) is 9.19. The highest BCUT2D eigenvalue weighted by Gasteiger charge is 2.16. The Morgan fingerprint density at radius 2 is 1.80 bits per heavy atom. The largest absolute Gasteiger partial charge is 0.462 e. The van der Waals surface area contributed by atoms with Gasteiger partial charge in [0.25, 0.3) is 5.91 Å². The van der Waals surface area contributed by atoms with E-state index in [2.05, 4.69) is 15.7 Å². The molecular formula is C21H21N5O4. The fourth-order valence-corrected chi connectivity index (χ4v) is 2.85. The zero-order valence-corrected chi connectivity index (χ0v) is 16.5. The lowest BCUT2D eigenvalue weighted by molar-refractivity contribution is 0.0525. The first-order valence-electron chi connectivity index (χ1n) is 9.19. The summed E-state index contributed by atoms with van der Waals surface area (Å²) in [5.41, 5.74) is 8.23. The fraction of sp³-hybridized carbons (Fsp3) is 0.143. The third-order valence-corrected chi connectivity index (χ3v) is 4.27. The van der Waals surface area contributed by atoms with Gasteiger partial charge in [-0.1, -0.05) is 6.07 Å². The van der Waals surface area contributed by atoms with Crippen molar-refractivity contribution in [3.8, 4) is 5.69 Å². The number of rotatable bonds is 6. The predicted molar refractivity (Wildman–Crippen MR) is 112 cm³/mol. The molecule has 0 aliphatic carbocycles. The number of ether oxygens (including phenoxy) is 1. The molecule has 1 aromatic heterocycles. The van der Waals surface area contributed by atoms with E-state index in [1.807, 2.05) is 6.07 Å². The fourth-order valence-electron chi connectivity index (χ4n) is 2.85. The van der Waals surface area contributed by atoms with E-state index in [4.69, 9.17) is 10.5 Å². The Morgan fingerprint density at radius 1 is 1.07 bits per heavy atom. The number of aromatic nitrogens is 2. The van der Waals surface area contributed by atoms with Crippen LogP contribution in [0, 0.1) is 6.92 Å². The van der Waals surface area contributed by atoms with Gasteiger partial charge >= 0.3 is 12.0 Å². The average Bonchev–Trinajstić information content (AvgIpc) is 3.10. The van der Waals surface area contributed by atoms with Gasteiger partial charge in [0.15, 0.2) is 0 Å². The Bertz CT molecular complexity index is 1090. The van der Waals surface area contributed by atoms with Gasteiger partial charge in [-0.2, -0.15) is 5.10 Å². The van der Waals surface area contributed by atoms with Crippen LogP contribution < -0.4 is 16.4 Å². The molecule has 3 aromatic rings. The molecule has 3 amide bonds. The minimum atomic E-state index is -0.677. The summed E-state index contributed by atoms with van der Waals surface area (Å²) in [5.74, 6) is -0.748. The number of carbonyl (C=O) groups excluding carboxylic acids is 3. The van der Waals surface area contributed by atoms with Gasteiger partial charge in [0.1, 0.15) is 5.56 Å². The number of benzene rings is 2. The van der Waals surface area contributed by atoms with Crippen LogP contribution in [-0.4, -0.2) is 34.3 Å². The van der Waals surface area contributed by atoms with Crippen LogP contribution in [0.4, 0.5) is 16.2 Å². The van der Waals surface area contributed by atoms with Crippen molar-refractivity contribution in [1.29, 1.82) is 0 Å². The number of nitrogens with two attached hydrogens (primary N) is 1. The Labute approximate surface area is 172 Å². The highest BCUT2D eigenvalue weighted by molar-refractivity contribution is 6.04. The lowest BCUT2D eigenvalue weighted by Crippen LogP contribution is -2.19. The van der Waals surface area contributed by atoms with Gasteiger partial charge in [0, 0.05) is 16.9 Å². The number of esters is 1. The van der Waals surface area contributed by atoms with E-state index in [9.17, 15) is 14.4 Å². The van der Waals surface area contributed by atoms with Crippen LogP contribution in [-0.2, 0) is 4.74 Å². The number of nitrogens with zero attached hydrogens (tertiary/aromatic N) is 2. The Balaban J connectivity index is 1.77. The molecule has 0 unspecified atom stereocenters. The highest BCUT2D eigenvalue weighted by atomic mass is 16.5. The molecule has 0 radical (unpaired) electrons. The van der Waals surface area contributed by atoms with E-state index in [0.29, 0.717) is 33.9 Å². The van der Waals surface area contributed by atoms with E-state index in [-0.39, 0.29) is 12.5 Å². The minimum absolute atomic E-state index is 0.282. The van der Waals surface area contributed by atoms with Crippen LogP contribution in [0.5, 0.6) is 0 Å². The smallest absolute Gasteiger partial charge is 0.341 e. The van der Waals surface area contributed by atoms with Gasteiger partial charge in [-0.05, 0) is 56.3 Å². The number of primary amides is 1. The lowest BCUT2D eigenvalue weighted by Gasteiger charge is -2.10. The number of nitrogens with one attached hydrogen (secondary N) is 2. The normalized spacial score (nSPS) is 10.3. The summed E-state index contributed by atoms with van der Waals surface area (Å²) in [6.45, 7) is 3.79. The number of carbonyl (C=O) groups is 3.